The van der Waals surface area contributed by atoms with Crippen LogP contribution in [0.3, 0.4) is 0 Å². The summed E-state index contributed by atoms with van der Waals surface area (Å²) in [5.74, 6) is 0.629. The van der Waals surface area contributed by atoms with E-state index < -0.39 is 0 Å². The number of Topliss-reactive ketones (excluding diaryl/α,β-unsaturated/α-hetero) is 1. The molecule has 0 N–H and O–H groups in total. The molecule has 1 saturated heterocycles. The van der Waals surface area contributed by atoms with E-state index in [0.717, 1.165) is 12.8 Å². The van der Waals surface area contributed by atoms with Crippen LogP contribution in [0, 0.1) is 5.92 Å². The minimum atomic E-state index is 0.207. The molecule has 1 aliphatic heterocycles. The highest BCUT2D eigenvalue weighted by Crippen LogP contribution is 2.24. The summed E-state index contributed by atoms with van der Waals surface area (Å²) >= 11 is 0. The van der Waals surface area contributed by atoms with Gasteiger partial charge in [-0.3, -0.25) is 9.69 Å². The van der Waals surface area contributed by atoms with Crippen molar-refractivity contribution in [3.05, 3.63) is 0 Å². The maximum Gasteiger partial charge on any atom is 0.135 e. The summed E-state index contributed by atoms with van der Waals surface area (Å²) in [5, 5.41) is 0. The molecule has 1 fully saturated rings. The van der Waals surface area contributed by atoms with Gasteiger partial charge in [-0.15, -0.1) is 0 Å². The quantitative estimate of drug-likeness (QED) is 0.697. The van der Waals surface area contributed by atoms with E-state index in [1.54, 1.807) is 0 Å². The predicted molar refractivity (Wildman–Crippen MR) is 63.9 cm³/mol. The summed E-state index contributed by atoms with van der Waals surface area (Å²) in [6.45, 7) is 9.72. The van der Waals surface area contributed by atoms with Crippen LogP contribution in [0.5, 0.6) is 0 Å². The van der Waals surface area contributed by atoms with Crippen LogP contribution in [-0.2, 0) is 4.79 Å². The Morgan fingerprint density at radius 3 is 2.53 bits per heavy atom. The molecular formula is C13H25NO. The van der Waals surface area contributed by atoms with Gasteiger partial charge in [-0.25, -0.2) is 0 Å². The maximum absolute atomic E-state index is 11.6. The Bertz CT molecular complexity index is 211. The van der Waals surface area contributed by atoms with Gasteiger partial charge in [0, 0.05) is 24.4 Å². The van der Waals surface area contributed by atoms with Crippen LogP contribution in [0.1, 0.15) is 53.4 Å². The van der Waals surface area contributed by atoms with Gasteiger partial charge >= 0.3 is 0 Å². The van der Waals surface area contributed by atoms with Crippen molar-refractivity contribution >= 4 is 5.78 Å². The van der Waals surface area contributed by atoms with E-state index in [9.17, 15) is 4.79 Å². The zero-order valence-electron chi connectivity index (χ0n) is 10.6. The van der Waals surface area contributed by atoms with Crippen molar-refractivity contribution in [3.63, 3.8) is 0 Å². The number of rotatable bonds is 5. The highest BCUT2D eigenvalue weighted by Gasteiger charge is 2.26. The summed E-state index contributed by atoms with van der Waals surface area (Å²) in [6, 6.07) is 1.29. The molecule has 0 aliphatic carbocycles. The fourth-order valence-electron chi connectivity index (χ4n) is 2.45. The minimum absolute atomic E-state index is 0.207. The van der Waals surface area contributed by atoms with Crippen molar-refractivity contribution in [1.29, 1.82) is 0 Å². The predicted octanol–water partition coefficient (Wildman–Crippen LogP) is 2.86. The second kappa shape index (κ2) is 5.64. The molecular weight excluding hydrogens is 186 g/mol. The topological polar surface area (TPSA) is 20.3 Å². The van der Waals surface area contributed by atoms with Crippen LogP contribution in [0.4, 0.5) is 0 Å². The number of hydrogen-bond acceptors (Lipinski definition) is 2. The van der Waals surface area contributed by atoms with E-state index in [1.165, 1.54) is 19.4 Å². The number of carbonyl (C=O) groups excluding carboxylic acids is 1. The average molecular weight is 211 g/mol. The second-order valence-corrected chi connectivity index (χ2v) is 5.29. The van der Waals surface area contributed by atoms with Crippen LogP contribution in [-0.4, -0.2) is 29.3 Å². The van der Waals surface area contributed by atoms with Gasteiger partial charge in [-0.05, 0) is 39.7 Å². The monoisotopic (exact) mass is 211 g/mol. The lowest BCUT2D eigenvalue weighted by atomic mass is 10.00. The number of nitrogens with zero attached hydrogens (tertiary/aromatic N) is 1. The normalized spacial score (nSPS) is 22.9. The molecule has 15 heavy (non-hydrogen) atoms. The summed E-state index contributed by atoms with van der Waals surface area (Å²) in [4.78, 5) is 14.1. The summed E-state index contributed by atoms with van der Waals surface area (Å²) in [7, 11) is 0. The van der Waals surface area contributed by atoms with Crippen LogP contribution in [0.25, 0.3) is 0 Å². The highest BCUT2D eigenvalue weighted by molar-refractivity contribution is 5.80. The van der Waals surface area contributed by atoms with Gasteiger partial charge < -0.3 is 0 Å². The fraction of sp³-hybridized carbons (Fsp3) is 0.923. The van der Waals surface area contributed by atoms with E-state index in [1.807, 2.05) is 13.8 Å². The van der Waals surface area contributed by atoms with Crippen molar-refractivity contribution in [2.24, 2.45) is 5.92 Å². The molecule has 1 heterocycles. The molecule has 0 aromatic heterocycles. The number of carbonyl (C=O) groups is 1. The third-order valence-electron chi connectivity index (χ3n) is 3.45. The van der Waals surface area contributed by atoms with E-state index in [4.69, 9.17) is 0 Å². The first-order valence-electron chi connectivity index (χ1n) is 6.30. The first-order valence-corrected chi connectivity index (χ1v) is 6.30. The van der Waals surface area contributed by atoms with Crippen molar-refractivity contribution < 1.29 is 4.79 Å². The Labute approximate surface area is 94.0 Å². The molecule has 1 atom stereocenters. The Morgan fingerprint density at radius 1 is 1.33 bits per heavy atom. The molecule has 0 saturated carbocycles. The van der Waals surface area contributed by atoms with Crippen LogP contribution in [0.15, 0.2) is 0 Å². The largest absolute Gasteiger partial charge is 0.299 e. The van der Waals surface area contributed by atoms with Crippen molar-refractivity contribution in [2.75, 3.05) is 6.54 Å². The molecule has 1 unspecified atom stereocenters. The molecule has 0 radical (unpaired) electrons. The van der Waals surface area contributed by atoms with Crippen molar-refractivity contribution in [3.8, 4) is 0 Å². The zero-order valence-corrected chi connectivity index (χ0v) is 10.6. The SMILES string of the molecule is CC(C)C(=O)CCC1CCCN1C(C)C. The molecule has 0 bridgehead atoms. The molecule has 1 aliphatic rings. The number of hydrogen-bond donors (Lipinski definition) is 0. The highest BCUT2D eigenvalue weighted by atomic mass is 16.1. The average Bonchev–Trinajstić information content (AvgIpc) is 2.61. The van der Waals surface area contributed by atoms with E-state index >= 15 is 0 Å². The lowest BCUT2D eigenvalue weighted by molar-refractivity contribution is -0.122. The minimum Gasteiger partial charge on any atom is -0.299 e. The number of likely N-dealkylation sites (tertiary alicyclic amines) is 1. The van der Waals surface area contributed by atoms with Gasteiger partial charge in [0.05, 0.1) is 0 Å². The molecule has 1 rings (SSSR count). The Balaban J connectivity index is 2.35. The van der Waals surface area contributed by atoms with Gasteiger partial charge in [-0.1, -0.05) is 13.8 Å². The van der Waals surface area contributed by atoms with Crippen LogP contribution in [0.2, 0.25) is 0 Å². The molecule has 88 valence electrons. The van der Waals surface area contributed by atoms with Gasteiger partial charge in [0.2, 0.25) is 0 Å². The Hall–Kier alpha value is -0.370. The number of ketones is 1. The van der Waals surface area contributed by atoms with E-state index in [0.29, 0.717) is 17.9 Å². The molecule has 0 spiro atoms. The first-order chi connectivity index (χ1) is 7.02. The Morgan fingerprint density at radius 2 is 2.00 bits per heavy atom. The third kappa shape index (κ3) is 3.60. The van der Waals surface area contributed by atoms with Crippen LogP contribution >= 0.6 is 0 Å². The van der Waals surface area contributed by atoms with E-state index in [-0.39, 0.29) is 5.92 Å². The zero-order chi connectivity index (χ0) is 11.4. The lowest BCUT2D eigenvalue weighted by Gasteiger charge is -2.28. The maximum atomic E-state index is 11.6. The molecule has 2 heteroatoms. The van der Waals surface area contributed by atoms with Gasteiger partial charge in [0.1, 0.15) is 5.78 Å². The smallest absolute Gasteiger partial charge is 0.135 e. The summed E-state index contributed by atoms with van der Waals surface area (Å²) in [6.07, 6.45) is 4.42. The molecule has 0 aromatic rings. The fourth-order valence-corrected chi connectivity index (χ4v) is 2.45. The van der Waals surface area contributed by atoms with Gasteiger partial charge in [-0.2, -0.15) is 0 Å². The first kappa shape index (κ1) is 12.7. The van der Waals surface area contributed by atoms with Crippen LogP contribution < -0.4 is 0 Å². The van der Waals surface area contributed by atoms with Crippen molar-refractivity contribution in [2.45, 2.75) is 65.5 Å². The van der Waals surface area contributed by atoms with Gasteiger partial charge in [0.25, 0.3) is 0 Å². The molecule has 0 aromatic carbocycles. The summed E-state index contributed by atoms with van der Waals surface area (Å²) in [5.41, 5.74) is 0. The molecule has 2 nitrogen and oxygen atoms in total. The standard InChI is InChI=1S/C13H25NO/c1-10(2)13(15)8-7-12-6-5-9-14(12)11(3)4/h10-12H,5-9H2,1-4H3. The molecule has 0 amide bonds. The van der Waals surface area contributed by atoms with Crippen molar-refractivity contribution in [1.82, 2.24) is 4.90 Å². The third-order valence-corrected chi connectivity index (χ3v) is 3.45. The Kier molecular flexibility index (Phi) is 4.78. The van der Waals surface area contributed by atoms with Gasteiger partial charge in [0.15, 0.2) is 0 Å². The summed E-state index contributed by atoms with van der Waals surface area (Å²) < 4.78 is 0. The second-order valence-electron chi connectivity index (χ2n) is 5.29. The lowest BCUT2D eigenvalue weighted by Crippen LogP contribution is -2.35. The van der Waals surface area contributed by atoms with E-state index in [2.05, 4.69) is 18.7 Å².